The number of amides is 2. The number of hydrogen-bond acceptors (Lipinski definition) is 9. The molecule has 14 nitrogen and oxygen atoms in total. The normalized spacial score (nSPS) is 17.5. The minimum atomic E-state index is -0.606. The van der Waals surface area contributed by atoms with E-state index in [0.717, 1.165) is 64.8 Å². The van der Waals surface area contributed by atoms with Crippen molar-refractivity contribution in [2.75, 3.05) is 13.1 Å². The number of fused-ring (bicyclic) bond motifs is 5. The van der Waals surface area contributed by atoms with Crippen molar-refractivity contribution in [3.63, 3.8) is 0 Å². The lowest BCUT2D eigenvalue weighted by atomic mass is 10.00. The molecule has 3 aliphatic rings. The lowest BCUT2D eigenvalue weighted by Crippen LogP contribution is -2.36. The average Bonchev–Trinajstić information content (AvgIpc) is 4.07. The molecule has 2 atom stereocenters. The number of rotatable bonds is 7. The molecule has 61 heavy (non-hydrogen) atoms. The number of esters is 1. The van der Waals surface area contributed by atoms with Gasteiger partial charge in [0.2, 0.25) is 0 Å². The smallest absolute Gasteiger partial charge is 0.410 e. The molecular weight excluding hydrogens is 775 g/mol. The number of ether oxygens (including phenoxy) is 4. The van der Waals surface area contributed by atoms with Gasteiger partial charge in [0.05, 0.1) is 52.6 Å². The van der Waals surface area contributed by atoms with Crippen LogP contribution in [0.25, 0.3) is 44.7 Å². The predicted octanol–water partition coefficient (Wildman–Crippen LogP) is 9.94. The summed E-state index contributed by atoms with van der Waals surface area (Å²) in [7, 11) is 0. The van der Waals surface area contributed by atoms with Crippen molar-refractivity contribution in [2.45, 2.75) is 104 Å². The fraction of sp³-hybridized carbons (Fsp3) is 0.383. The van der Waals surface area contributed by atoms with Crippen molar-refractivity contribution in [1.29, 1.82) is 0 Å². The molecule has 0 radical (unpaired) electrons. The van der Waals surface area contributed by atoms with E-state index in [1.54, 1.807) is 22.2 Å². The summed E-state index contributed by atoms with van der Waals surface area (Å²) >= 11 is 0. The molecule has 6 aromatic rings. The molecule has 0 aliphatic carbocycles. The molecule has 0 bridgehead atoms. The zero-order valence-electron chi connectivity index (χ0n) is 35.4. The average molecular weight is 826 g/mol. The van der Waals surface area contributed by atoms with Crippen LogP contribution in [0, 0.1) is 0 Å². The van der Waals surface area contributed by atoms with Crippen LogP contribution < -0.4 is 4.74 Å². The van der Waals surface area contributed by atoms with Gasteiger partial charge in [-0.15, -0.1) is 0 Å². The molecule has 9 rings (SSSR count). The number of carbonyl (C=O) groups is 3. The second-order valence-corrected chi connectivity index (χ2v) is 18.0. The molecule has 6 heterocycles. The maximum absolute atomic E-state index is 14.4. The Bertz CT molecular complexity index is 2630. The molecule has 2 fully saturated rings. The summed E-state index contributed by atoms with van der Waals surface area (Å²) in [6, 6.07) is 21.0. The van der Waals surface area contributed by atoms with Crippen LogP contribution in [-0.4, -0.2) is 76.8 Å². The van der Waals surface area contributed by atoms with E-state index in [1.807, 2.05) is 113 Å². The number of imidazole rings is 2. The van der Waals surface area contributed by atoms with E-state index < -0.39 is 17.2 Å². The Kier molecular flexibility index (Phi) is 10.1. The SMILES string of the molecule is CC(C)(C)OC(=O)N1CCC[C@H]1c1ncc(-c2ccc3c(c2)OCn2c-3c(C(=O)OCc3ccccc3)c3cc(-c4cnc([C@@H]5CCCN5C(=O)OC(C)(C)C)[nH]4)ccc32)[nH]1. The first-order valence-electron chi connectivity index (χ1n) is 20.9. The number of benzene rings is 3. The molecule has 2 saturated heterocycles. The number of aromatic amines is 2. The third kappa shape index (κ3) is 7.94. The van der Waals surface area contributed by atoms with Gasteiger partial charge in [-0.3, -0.25) is 9.80 Å². The highest BCUT2D eigenvalue weighted by Gasteiger charge is 2.37. The van der Waals surface area contributed by atoms with Gasteiger partial charge in [0.1, 0.15) is 35.2 Å². The van der Waals surface area contributed by atoms with Gasteiger partial charge < -0.3 is 33.5 Å². The maximum Gasteiger partial charge on any atom is 0.410 e. The van der Waals surface area contributed by atoms with E-state index in [4.69, 9.17) is 28.9 Å². The molecule has 2 N–H and O–H groups in total. The van der Waals surface area contributed by atoms with Gasteiger partial charge >= 0.3 is 18.2 Å². The van der Waals surface area contributed by atoms with Crippen LogP contribution in [0.4, 0.5) is 9.59 Å². The van der Waals surface area contributed by atoms with E-state index in [0.29, 0.717) is 47.1 Å². The lowest BCUT2D eigenvalue weighted by Gasteiger charge is -2.27. The number of carbonyl (C=O) groups excluding carboxylic acids is 3. The van der Waals surface area contributed by atoms with Crippen molar-refractivity contribution in [3.8, 4) is 39.5 Å². The van der Waals surface area contributed by atoms with Crippen molar-refractivity contribution < 1.29 is 33.3 Å². The number of H-pyrrole nitrogens is 2. The van der Waals surface area contributed by atoms with E-state index in [1.165, 1.54) is 0 Å². The number of nitrogens with one attached hydrogen (secondary N) is 2. The molecule has 3 aromatic heterocycles. The number of likely N-dealkylation sites (tertiary alicyclic amines) is 2. The van der Waals surface area contributed by atoms with Crippen molar-refractivity contribution >= 4 is 29.1 Å². The number of aromatic nitrogens is 5. The topological polar surface area (TPSA) is 157 Å². The van der Waals surface area contributed by atoms with Crippen LogP contribution in [0.3, 0.4) is 0 Å². The first kappa shape index (κ1) is 39.9. The fourth-order valence-electron chi connectivity index (χ4n) is 8.56. The van der Waals surface area contributed by atoms with E-state index in [2.05, 4.69) is 9.97 Å². The zero-order valence-corrected chi connectivity index (χ0v) is 35.4. The summed E-state index contributed by atoms with van der Waals surface area (Å²) in [5.41, 5.74) is 5.59. The third-order valence-electron chi connectivity index (χ3n) is 11.3. The Balaban J connectivity index is 1.05. The minimum Gasteiger partial charge on any atom is -0.472 e. The van der Waals surface area contributed by atoms with Gasteiger partial charge in [-0.25, -0.2) is 24.4 Å². The second kappa shape index (κ2) is 15.5. The standard InChI is InChI=1S/C47H51N7O7/c1-46(2,3)60-44(56)52-20-10-14-36(52)41-48-24-33(50-41)29-17-19-35-32(22-29)39(43(55)58-26-28-12-8-7-9-13-28)40-31-18-16-30(23-38(31)59-27-54(35)40)34-25-49-42(51-34)37-15-11-21-53(37)45(57)61-47(4,5)6/h7-9,12-13,16-19,22-25,36-37H,10-11,14-15,20-21,26-27H2,1-6H3,(H,48,50)(H,49,51)/t36-,37-/m0/s1. The molecule has 0 saturated carbocycles. The lowest BCUT2D eigenvalue weighted by molar-refractivity contribution is 0.0208. The molecule has 3 aliphatic heterocycles. The van der Waals surface area contributed by atoms with Crippen molar-refractivity contribution in [1.82, 2.24) is 34.3 Å². The van der Waals surface area contributed by atoms with Gasteiger partial charge in [-0.1, -0.05) is 42.5 Å². The summed E-state index contributed by atoms with van der Waals surface area (Å²) in [5, 5.41) is 0.711. The highest BCUT2D eigenvalue weighted by molar-refractivity contribution is 6.12. The monoisotopic (exact) mass is 825 g/mol. The number of nitrogens with zero attached hydrogens (tertiary/aromatic N) is 5. The van der Waals surface area contributed by atoms with Gasteiger partial charge in [-0.05, 0) is 97.1 Å². The van der Waals surface area contributed by atoms with Crippen molar-refractivity contribution in [2.24, 2.45) is 0 Å². The molecule has 2 amide bonds. The van der Waals surface area contributed by atoms with E-state index in [9.17, 15) is 14.4 Å². The Morgan fingerprint density at radius 1 is 0.754 bits per heavy atom. The van der Waals surface area contributed by atoms with Gasteiger partial charge in [-0.2, -0.15) is 0 Å². The van der Waals surface area contributed by atoms with Crippen LogP contribution in [-0.2, 0) is 27.5 Å². The molecule has 0 spiro atoms. The first-order valence-corrected chi connectivity index (χ1v) is 20.9. The second-order valence-electron chi connectivity index (χ2n) is 18.0. The summed E-state index contributed by atoms with van der Waals surface area (Å²) < 4.78 is 25.9. The zero-order chi connectivity index (χ0) is 42.6. The van der Waals surface area contributed by atoms with E-state index >= 15 is 0 Å². The van der Waals surface area contributed by atoms with Crippen LogP contribution in [0.5, 0.6) is 5.75 Å². The summed E-state index contributed by atoms with van der Waals surface area (Å²) in [6.45, 7) is 12.7. The highest BCUT2D eigenvalue weighted by atomic mass is 16.6. The molecule has 0 unspecified atom stereocenters. The molecule has 14 heteroatoms. The highest BCUT2D eigenvalue weighted by Crippen LogP contribution is 2.45. The van der Waals surface area contributed by atoms with Crippen LogP contribution in [0.15, 0.2) is 79.1 Å². The van der Waals surface area contributed by atoms with Gasteiger partial charge in [0, 0.05) is 35.2 Å². The third-order valence-corrected chi connectivity index (χ3v) is 11.3. The minimum absolute atomic E-state index is 0.113. The Hall–Kier alpha value is -6.57. The number of hydrogen-bond donors (Lipinski definition) is 2. The van der Waals surface area contributed by atoms with Crippen LogP contribution >= 0.6 is 0 Å². The Morgan fingerprint density at radius 3 is 1.92 bits per heavy atom. The van der Waals surface area contributed by atoms with Gasteiger partial charge in [0.25, 0.3) is 0 Å². The first-order chi connectivity index (χ1) is 29.2. The summed E-state index contributed by atoms with van der Waals surface area (Å²) in [6.07, 6.45) is 6.10. The molecule has 316 valence electrons. The molecule has 3 aromatic carbocycles. The van der Waals surface area contributed by atoms with Gasteiger partial charge in [0.15, 0.2) is 6.73 Å². The molecular formula is C47H51N7O7. The largest absolute Gasteiger partial charge is 0.472 e. The fourth-order valence-corrected chi connectivity index (χ4v) is 8.56. The van der Waals surface area contributed by atoms with Crippen LogP contribution in [0.2, 0.25) is 0 Å². The quantitative estimate of drug-likeness (QED) is 0.118. The van der Waals surface area contributed by atoms with Crippen LogP contribution in [0.1, 0.15) is 107 Å². The predicted molar refractivity (Wildman–Crippen MR) is 229 cm³/mol. The van der Waals surface area contributed by atoms with Crippen molar-refractivity contribution in [3.05, 3.63) is 102 Å². The Morgan fingerprint density at radius 2 is 1.33 bits per heavy atom. The van der Waals surface area contributed by atoms with E-state index in [-0.39, 0.29) is 37.6 Å². The Labute approximate surface area is 354 Å². The maximum atomic E-state index is 14.4. The summed E-state index contributed by atoms with van der Waals surface area (Å²) in [4.78, 5) is 60.3. The summed E-state index contributed by atoms with van der Waals surface area (Å²) in [5.74, 6) is 1.54.